The molecule has 0 saturated carbocycles. The molecule has 0 bridgehead atoms. The summed E-state index contributed by atoms with van der Waals surface area (Å²) in [5.41, 5.74) is 3.61. The van der Waals surface area contributed by atoms with E-state index in [0.717, 1.165) is 24.1 Å². The van der Waals surface area contributed by atoms with Gasteiger partial charge in [-0.2, -0.15) is 0 Å². The molecule has 0 spiro atoms. The number of hydrogen-bond acceptors (Lipinski definition) is 3. The van der Waals surface area contributed by atoms with Crippen molar-refractivity contribution in [3.05, 3.63) is 65.2 Å². The minimum Gasteiger partial charge on any atom is -0.339 e. The number of carbonyl (C=O) groups is 3. The molecule has 0 atom stereocenters. The third-order valence-corrected chi connectivity index (χ3v) is 6.21. The Morgan fingerprint density at radius 3 is 2.31 bits per heavy atom. The lowest BCUT2D eigenvalue weighted by Crippen LogP contribution is -2.50. The lowest BCUT2D eigenvalue weighted by atomic mass is 10.1. The van der Waals surface area contributed by atoms with Crippen LogP contribution in [0.5, 0.6) is 0 Å². The Hall–Kier alpha value is -3.35. The molecule has 7 nitrogen and oxygen atoms in total. The zero-order chi connectivity index (χ0) is 22.5. The van der Waals surface area contributed by atoms with Crippen LogP contribution in [0.1, 0.15) is 34.3 Å². The first-order valence-corrected chi connectivity index (χ1v) is 11.3. The van der Waals surface area contributed by atoms with Crippen molar-refractivity contribution in [2.75, 3.05) is 44.2 Å². The van der Waals surface area contributed by atoms with Gasteiger partial charge < -0.3 is 15.1 Å². The number of aryl methyl sites for hydroxylation is 2. The normalized spacial score (nSPS) is 16.3. The fourth-order valence-corrected chi connectivity index (χ4v) is 4.38. The first-order valence-electron chi connectivity index (χ1n) is 11.3. The zero-order valence-electron chi connectivity index (χ0n) is 18.5. The molecular weight excluding hydrogens is 404 g/mol. The smallest absolute Gasteiger partial charge is 0.322 e. The number of hydrogen-bond donors (Lipinski definition) is 1. The van der Waals surface area contributed by atoms with Crippen molar-refractivity contribution in [1.29, 1.82) is 0 Å². The largest absolute Gasteiger partial charge is 0.339 e. The van der Waals surface area contributed by atoms with Crippen LogP contribution in [0.3, 0.4) is 0 Å². The van der Waals surface area contributed by atoms with Crippen molar-refractivity contribution in [1.82, 2.24) is 15.1 Å². The van der Waals surface area contributed by atoms with Crippen molar-refractivity contribution in [3.63, 3.8) is 0 Å². The van der Waals surface area contributed by atoms with Gasteiger partial charge in [0.25, 0.3) is 5.91 Å². The van der Waals surface area contributed by atoms with Crippen LogP contribution in [-0.2, 0) is 11.2 Å². The van der Waals surface area contributed by atoms with Gasteiger partial charge in [-0.3, -0.25) is 14.5 Å². The van der Waals surface area contributed by atoms with E-state index in [2.05, 4.69) is 17.4 Å². The average Bonchev–Trinajstić information content (AvgIpc) is 3.24. The number of amides is 4. The number of nitrogens with zero attached hydrogens (tertiary/aromatic N) is 3. The van der Waals surface area contributed by atoms with E-state index in [9.17, 15) is 14.4 Å². The molecule has 0 radical (unpaired) electrons. The maximum atomic E-state index is 13.0. The number of urea groups is 1. The zero-order valence-corrected chi connectivity index (χ0v) is 18.5. The maximum Gasteiger partial charge on any atom is 0.322 e. The van der Waals surface area contributed by atoms with Gasteiger partial charge in [-0.15, -0.1) is 0 Å². The number of carbonyl (C=O) groups excluding carboxylic acids is 3. The Labute approximate surface area is 189 Å². The van der Waals surface area contributed by atoms with E-state index in [-0.39, 0.29) is 17.8 Å². The molecule has 2 heterocycles. The van der Waals surface area contributed by atoms with E-state index in [1.54, 1.807) is 11.0 Å². The molecule has 2 aromatic rings. The summed E-state index contributed by atoms with van der Waals surface area (Å²) in [6.07, 6.45) is 2.27. The van der Waals surface area contributed by atoms with Crippen LogP contribution in [0.4, 0.5) is 10.5 Å². The second-order valence-electron chi connectivity index (χ2n) is 8.40. The molecule has 2 fully saturated rings. The molecule has 0 aliphatic carbocycles. The Morgan fingerprint density at radius 1 is 0.938 bits per heavy atom. The Balaban J connectivity index is 1.27. The molecule has 1 N–H and O–H groups in total. The highest BCUT2D eigenvalue weighted by Gasteiger charge is 2.26. The van der Waals surface area contributed by atoms with E-state index in [4.69, 9.17) is 0 Å². The summed E-state index contributed by atoms with van der Waals surface area (Å²) >= 11 is 0. The average molecular weight is 435 g/mol. The molecule has 4 amide bonds. The molecular formula is C25H30N4O3. The Kier molecular flexibility index (Phi) is 6.73. The van der Waals surface area contributed by atoms with Crippen molar-refractivity contribution in [3.8, 4) is 0 Å². The van der Waals surface area contributed by atoms with E-state index >= 15 is 0 Å². The summed E-state index contributed by atoms with van der Waals surface area (Å²) in [6, 6.07) is 15.6. The molecule has 0 unspecified atom stereocenters. The number of nitrogens with one attached hydrogen (secondary N) is 1. The van der Waals surface area contributed by atoms with Crippen LogP contribution in [0, 0.1) is 6.92 Å². The maximum absolute atomic E-state index is 13.0. The predicted octanol–water partition coefficient (Wildman–Crippen LogP) is 2.83. The third-order valence-electron chi connectivity index (χ3n) is 6.21. The highest BCUT2D eigenvalue weighted by Crippen LogP contribution is 2.24. The number of piperazine rings is 1. The predicted molar refractivity (Wildman–Crippen MR) is 124 cm³/mol. The van der Waals surface area contributed by atoms with E-state index in [1.165, 1.54) is 5.56 Å². The van der Waals surface area contributed by atoms with Crippen LogP contribution in [0.2, 0.25) is 0 Å². The van der Waals surface area contributed by atoms with Crippen molar-refractivity contribution in [2.24, 2.45) is 0 Å². The van der Waals surface area contributed by atoms with Crippen molar-refractivity contribution < 1.29 is 14.4 Å². The second kappa shape index (κ2) is 9.85. The SMILES string of the molecule is Cc1cc(C(=O)N2CCN(C(=O)CCCc3ccccc3)CC2)ccc1N1CCNC1=O. The Bertz CT molecular complexity index is 984. The molecule has 2 aliphatic heterocycles. The highest BCUT2D eigenvalue weighted by molar-refractivity contribution is 5.98. The van der Waals surface area contributed by atoms with Crippen LogP contribution < -0.4 is 10.2 Å². The van der Waals surface area contributed by atoms with Crippen LogP contribution in [-0.4, -0.2) is 66.9 Å². The van der Waals surface area contributed by atoms with Gasteiger partial charge in [0.1, 0.15) is 0 Å². The van der Waals surface area contributed by atoms with Crippen LogP contribution in [0.25, 0.3) is 0 Å². The minimum atomic E-state index is -0.100. The van der Waals surface area contributed by atoms with Gasteiger partial charge in [0, 0.05) is 56.9 Å². The molecule has 0 aromatic heterocycles. The van der Waals surface area contributed by atoms with Crippen LogP contribution >= 0.6 is 0 Å². The topological polar surface area (TPSA) is 73.0 Å². The molecule has 32 heavy (non-hydrogen) atoms. The quantitative estimate of drug-likeness (QED) is 0.760. The summed E-state index contributed by atoms with van der Waals surface area (Å²) in [6.45, 7) is 5.41. The van der Waals surface area contributed by atoms with E-state index in [1.807, 2.05) is 47.1 Å². The minimum absolute atomic E-state index is 0.0262. The van der Waals surface area contributed by atoms with Gasteiger partial charge >= 0.3 is 6.03 Å². The molecule has 168 valence electrons. The fraction of sp³-hybridized carbons (Fsp3) is 0.400. The molecule has 2 saturated heterocycles. The number of rotatable bonds is 6. The lowest BCUT2D eigenvalue weighted by molar-refractivity contribution is -0.132. The van der Waals surface area contributed by atoms with E-state index < -0.39 is 0 Å². The van der Waals surface area contributed by atoms with E-state index in [0.29, 0.717) is 51.3 Å². The summed E-state index contributed by atoms with van der Waals surface area (Å²) < 4.78 is 0. The highest BCUT2D eigenvalue weighted by atomic mass is 16.2. The fourth-order valence-electron chi connectivity index (χ4n) is 4.38. The first-order chi connectivity index (χ1) is 15.5. The van der Waals surface area contributed by atoms with Crippen LogP contribution in [0.15, 0.2) is 48.5 Å². The van der Waals surface area contributed by atoms with Gasteiger partial charge in [0.05, 0.1) is 0 Å². The first kappa shape index (κ1) is 21.9. The van der Waals surface area contributed by atoms with Gasteiger partial charge in [-0.05, 0) is 49.1 Å². The molecule has 2 aromatic carbocycles. The lowest BCUT2D eigenvalue weighted by Gasteiger charge is -2.35. The summed E-state index contributed by atoms with van der Waals surface area (Å²) in [5.74, 6) is 0.138. The summed E-state index contributed by atoms with van der Waals surface area (Å²) in [5, 5.41) is 2.80. The summed E-state index contributed by atoms with van der Waals surface area (Å²) in [7, 11) is 0. The molecule has 2 aliphatic rings. The van der Waals surface area contributed by atoms with Gasteiger partial charge in [0.15, 0.2) is 0 Å². The number of anilines is 1. The van der Waals surface area contributed by atoms with Gasteiger partial charge in [-0.25, -0.2) is 4.79 Å². The molecule has 4 rings (SSSR count). The third kappa shape index (κ3) is 4.93. The Morgan fingerprint density at radius 2 is 1.66 bits per heavy atom. The number of benzene rings is 2. The van der Waals surface area contributed by atoms with Gasteiger partial charge in [0.2, 0.25) is 5.91 Å². The monoisotopic (exact) mass is 434 g/mol. The molecule has 7 heteroatoms. The van der Waals surface area contributed by atoms with Gasteiger partial charge in [-0.1, -0.05) is 30.3 Å². The second-order valence-corrected chi connectivity index (χ2v) is 8.40. The standard InChI is InChI=1S/C25H30N4O3/c1-19-18-21(10-11-22(19)29-13-12-26-25(29)32)24(31)28-16-14-27(15-17-28)23(30)9-5-8-20-6-3-2-4-7-20/h2-4,6-7,10-11,18H,5,8-9,12-17H2,1H3,(H,26,32). The van der Waals surface area contributed by atoms with Crippen molar-refractivity contribution >= 4 is 23.5 Å². The van der Waals surface area contributed by atoms with Crippen molar-refractivity contribution in [2.45, 2.75) is 26.2 Å². The summed E-state index contributed by atoms with van der Waals surface area (Å²) in [4.78, 5) is 42.8.